The summed E-state index contributed by atoms with van der Waals surface area (Å²) < 4.78 is 6.69. The Morgan fingerprint density at radius 2 is 2.06 bits per heavy atom. The van der Waals surface area contributed by atoms with E-state index in [1.807, 2.05) is 18.5 Å². The van der Waals surface area contributed by atoms with Gasteiger partial charge in [0.2, 0.25) is 0 Å². The molecule has 96 valence electrons. The van der Waals surface area contributed by atoms with E-state index in [0.29, 0.717) is 12.3 Å². The Morgan fingerprint density at radius 3 is 2.59 bits per heavy atom. The number of rotatable bonds is 5. The Kier molecular flexibility index (Phi) is 4.73. The van der Waals surface area contributed by atoms with E-state index in [2.05, 4.69) is 18.9 Å². The molecule has 0 saturated heterocycles. The van der Waals surface area contributed by atoms with E-state index in [9.17, 15) is 4.79 Å². The molecule has 0 radical (unpaired) electrons. The number of esters is 1. The van der Waals surface area contributed by atoms with Gasteiger partial charge in [0, 0.05) is 17.8 Å². The zero-order valence-electron chi connectivity index (χ0n) is 11.4. The number of hydrogen-bond acceptors (Lipinski definition) is 3. The molecule has 0 unspecified atom stereocenters. The van der Waals surface area contributed by atoms with Crippen molar-refractivity contribution in [3.05, 3.63) is 17.0 Å². The van der Waals surface area contributed by atoms with Crippen LogP contribution in [0.3, 0.4) is 0 Å². The van der Waals surface area contributed by atoms with E-state index in [4.69, 9.17) is 4.74 Å². The molecule has 0 fully saturated rings. The van der Waals surface area contributed by atoms with Crippen LogP contribution in [0.15, 0.2) is 0 Å². The highest BCUT2D eigenvalue weighted by Crippen LogP contribution is 2.15. The maximum atomic E-state index is 11.3. The van der Waals surface area contributed by atoms with E-state index in [1.54, 1.807) is 0 Å². The minimum absolute atomic E-state index is 0.209. The lowest BCUT2D eigenvalue weighted by molar-refractivity contribution is -0.139. The molecule has 0 saturated carbocycles. The lowest BCUT2D eigenvalue weighted by Gasteiger charge is -2.07. The van der Waals surface area contributed by atoms with Crippen molar-refractivity contribution >= 4 is 5.97 Å². The number of aryl methyl sites for hydroxylation is 2. The molecule has 1 heterocycles. The fraction of sp³-hybridized carbons (Fsp3) is 0.692. The Balaban J connectivity index is 2.82. The molecule has 1 aromatic rings. The number of carbonyl (C=O) groups excluding carboxylic acids is 1. The van der Waals surface area contributed by atoms with Gasteiger partial charge in [0.05, 0.1) is 19.2 Å². The van der Waals surface area contributed by atoms with Gasteiger partial charge in [0.25, 0.3) is 0 Å². The van der Waals surface area contributed by atoms with E-state index in [0.717, 1.165) is 29.9 Å². The summed E-state index contributed by atoms with van der Waals surface area (Å²) in [5.41, 5.74) is 3.01. The third-order valence-electron chi connectivity index (χ3n) is 3.00. The Labute approximate surface area is 103 Å². The number of carbonyl (C=O) groups is 1. The Hall–Kier alpha value is -1.32. The summed E-state index contributed by atoms with van der Waals surface area (Å²) >= 11 is 0. The summed E-state index contributed by atoms with van der Waals surface area (Å²) in [6.07, 6.45) is 1.41. The first-order valence-corrected chi connectivity index (χ1v) is 6.05. The molecule has 0 aliphatic carbocycles. The van der Waals surface area contributed by atoms with Gasteiger partial charge in [-0.3, -0.25) is 9.48 Å². The van der Waals surface area contributed by atoms with Crippen molar-refractivity contribution in [2.45, 2.75) is 47.1 Å². The third kappa shape index (κ3) is 3.58. The molecule has 0 aliphatic rings. The molecule has 4 heteroatoms. The standard InChI is InChI=1S/C13H22N2O2/c1-9(2)6-7-15-11(4)12(10(3)14-15)8-13(16)17-5/h9H,6-8H2,1-5H3. The van der Waals surface area contributed by atoms with Crippen molar-refractivity contribution in [1.29, 1.82) is 0 Å². The van der Waals surface area contributed by atoms with Crippen LogP contribution in [0.25, 0.3) is 0 Å². The first kappa shape index (κ1) is 13.7. The highest BCUT2D eigenvalue weighted by atomic mass is 16.5. The van der Waals surface area contributed by atoms with Gasteiger partial charge in [-0.25, -0.2) is 0 Å². The number of hydrogen-bond donors (Lipinski definition) is 0. The summed E-state index contributed by atoms with van der Waals surface area (Å²) in [5.74, 6) is 0.447. The molecular formula is C13H22N2O2. The van der Waals surface area contributed by atoms with Crippen molar-refractivity contribution in [3.63, 3.8) is 0 Å². The molecule has 0 aliphatic heterocycles. The summed E-state index contributed by atoms with van der Waals surface area (Å²) in [4.78, 5) is 11.3. The summed E-state index contributed by atoms with van der Waals surface area (Å²) in [6.45, 7) is 9.25. The van der Waals surface area contributed by atoms with Crippen LogP contribution in [0.1, 0.15) is 37.2 Å². The zero-order chi connectivity index (χ0) is 13.0. The Morgan fingerprint density at radius 1 is 1.41 bits per heavy atom. The second-order valence-corrected chi connectivity index (χ2v) is 4.81. The number of ether oxygens (including phenoxy) is 1. The van der Waals surface area contributed by atoms with E-state index < -0.39 is 0 Å². The summed E-state index contributed by atoms with van der Waals surface area (Å²) in [5, 5.41) is 4.48. The lowest BCUT2D eigenvalue weighted by atomic mass is 10.1. The van der Waals surface area contributed by atoms with Crippen molar-refractivity contribution in [3.8, 4) is 0 Å². The smallest absolute Gasteiger partial charge is 0.310 e. The average Bonchev–Trinajstić information content (AvgIpc) is 2.53. The summed E-state index contributed by atoms with van der Waals surface area (Å²) in [6, 6.07) is 0. The van der Waals surface area contributed by atoms with Crippen LogP contribution < -0.4 is 0 Å². The molecule has 4 nitrogen and oxygen atoms in total. The molecule has 0 amide bonds. The number of nitrogens with zero attached hydrogens (tertiary/aromatic N) is 2. The predicted octanol–water partition coefficient (Wildman–Crippen LogP) is 2.26. The first-order valence-electron chi connectivity index (χ1n) is 6.05. The van der Waals surface area contributed by atoms with Gasteiger partial charge in [-0.05, 0) is 26.2 Å². The maximum Gasteiger partial charge on any atom is 0.310 e. The molecule has 0 bridgehead atoms. The normalized spacial score (nSPS) is 10.9. The molecule has 0 spiro atoms. The molecule has 0 atom stereocenters. The lowest BCUT2D eigenvalue weighted by Crippen LogP contribution is -2.08. The fourth-order valence-electron chi connectivity index (χ4n) is 1.80. The van der Waals surface area contributed by atoms with Crippen molar-refractivity contribution < 1.29 is 9.53 Å². The van der Waals surface area contributed by atoms with Crippen molar-refractivity contribution in [1.82, 2.24) is 9.78 Å². The molecule has 0 aromatic carbocycles. The molecule has 0 N–H and O–H groups in total. The predicted molar refractivity (Wildman–Crippen MR) is 66.9 cm³/mol. The monoisotopic (exact) mass is 238 g/mol. The zero-order valence-corrected chi connectivity index (χ0v) is 11.4. The van der Waals surface area contributed by atoms with Crippen LogP contribution >= 0.6 is 0 Å². The first-order chi connectivity index (χ1) is 7.95. The highest BCUT2D eigenvalue weighted by Gasteiger charge is 2.15. The van der Waals surface area contributed by atoms with Gasteiger partial charge < -0.3 is 4.74 Å². The quantitative estimate of drug-likeness (QED) is 0.739. The minimum atomic E-state index is -0.209. The highest BCUT2D eigenvalue weighted by molar-refractivity contribution is 5.73. The van der Waals surface area contributed by atoms with Crippen LogP contribution in [-0.2, 0) is 22.5 Å². The minimum Gasteiger partial charge on any atom is -0.469 e. The van der Waals surface area contributed by atoms with Crippen LogP contribution in [0.5, 0.6) is 0 Å². The largest absolute Gasteiger partial charge is 0.469 e. The van der Waals surface area contributed by atoms with Gasteiger partial charge in [-0.2, -0.15) is 5.10 Å². The van der Waals surface area contributed by atoms with Crippen molar-refractivity contribution in [2.24, 2.45) is 5.92 Å². The van der Waals surface area contributed by atoms with Gasteiger partial charge in [-0.15, -0.1) is 0 Å². The van der Waals surface area contributed by atoms with Crippen LogP contribution in [0, 0.1) is 19.8 Å². The van der Waals surface area contributed by atoms with E-state index >= 15 is 0 Å². The fourth-order valence-corrected chi connectivity index (χ4v) is 1.80. The molecule has 1 aromatic heterocycles. The van der Waals surface area contributed by atoms with E-state index in [1.165, 1.54) is 7.11 Å². The number of methoxy groups -OCH3 is 1. The van der Waals surface area contributed by atoms with Gasteiger partial charge in [0.1, 0.15) is 0 Å². The molecule has 17 heavy (non-hydrogen) atoms. The van der Waals surface area contributed by atoms with Gasteiger partial charge in [-0.1, -0.05) is 13.8 Å². The maximum absolute atomic E-state index is 11.3. The van der Waals surface area contributed by atoms with E-state index in [-0.39, 0.29) is 5.97 Å². The molecule has 1 rings (SSSR count). The van der Waals surface area contributed by atoms with Gasteiger partial charge >= 0.3 is 5.97 Å². The SMILES string of the molecule is COC(=O)Cc1c(C)nn(CCC(C)C)c1C. The second kappa shape index (κ2) is 5.84. The summed E-state index contributed by atoms with van der Waals surface area (Å²) in [7, 11) is 1.41. The second-order valence-electron chi connectivity index (χ2n) is 4.81. The van der Waals surface area contributed by atoms with Crippen LogP contribution in [0.4, 0.5) is 0 Å². The average molecular weight is 238 g/mol. The third-order valence-corrected chi connectivity index (χ3v) is 3.00. The number of aromatic nitrogens is 2. The topological polar surface area (TPSA) is 44.1 Å². The van der Waals surface area contributed by atoms with Crippen LogP contribution in [-0.4, -0.2) is 22.9 Å². The molecular weight excluding hydrogens is 216 g/mol. The van der Waals surface area contributed by atoms with Crippen LogP contribution in [0.2, 0.25) is 0 Å². The van der Waals surface area contributed by atoms with Gasteiger partial charge in [0.15, 0.2) is 0 Å². The van der Waals surface area contributed by atoms with Crippen molar-refractivity contribution in [2.75, 3.05) is 7.11 Å². The Bertz CT molecular complexity index is 394.